The molecule has 0 radical (unpaired) electrons. The van der Waals surface area contributed by atoms with E-state index < -0.39 is 0 Å². The van der Waals surface area contributed by atoms with E-state index in [1.54, 1.807) is 12.0 Å². The van der Waals surface area contributed by atoms with Crippen LogP contribution in [0.5, 0.6) is 0 Å². The van der Waals surface area contributed by atoms with Gasteiger partial charge in [-0.2, -0.15) is 0 Å². The van der Waals surface area contributed by atoms with E-state index in [4.69, 9.17) is 3.87 Å². The van der Waals surface area contributed by atoms with Gasteiger partial charge in [-0.05, 0) is 25.0 Å². The Morgan fingerprint density at radius 3 is 2.71 bits per heavy atom. The summed E-state index contributed by atoms with van der Waals surface area (Å²) in [5.41, 5.74) is 0. The monoisotopic (exact) mass is 135 g/mol. The van der Waals surface area contributed by atoms with E-state index in [-0.39, 0.29) is 0 Å². The maximum atomic E-state index is 4.94. The van der Waals surface area contributed by atoms with Crippen LogP contribution >= 0.6 is 12.0 Å². The van der Waals surface area contributed by atoms with Crippen molar-refractivity contribution in [2.75, 3.05) is 6.54 Å². The SMILES string of the molecule is [SiH3]OSC1CCN1. The third kappa shape index (κ3) is 1.45. The lowest BCUT2D eigenvalue weighted by atomic mass is 10.3. The molecule has 1 heterocycles. The van der Waals surface area contributed by atoms with Crippen molar-refractivity contribution >= 4 is 22.5 Å². The Balaban J connectivity index is 1.93. The Kier molecular flexibility index (Phi) is 2.18. The lowest BCUT2D eigenvalue weighted by molar-refractivity contribution is 0.472. The maximum Gasteiger partial charge on any atom is 0.165 e. The molecule has 0 saturated carbocycles. The van der Waals surface area contributed by atoms with Gasteiger partial charge in [0.1, 0.15) is 0 Å². The van der Waals surface area contributed by atoms with E-state index >= 15 is 0 Å². The Morgan fingerprint density at radius 1 is 1.86 bits per heavy atom. The Morgan fingerprint density at radius 2 is 2.57 bits per heavy atom. The number of hydrogen-bond donors (Lipinski definition) is 1. The molecular weight excluding hydrogens is 126 g/mol. The fourth-order valence-corrected chi connectivity index (χ4v) is 1.79. The highest BCUT2D eigenvalue weighted by atomic mass is 32.2. The van der Waals surface area contributed by atoms with Gasteiger partial charge in [-0.25, -0.2) is 0 Å². The first-order valence-corrected chi connectivity index (χ1v) is 3.98. The zero-order valence-corrected chi connectivity index (χ0v) is 7.12. The van der Waals surface area contributed by atoms with Gasteiger partial charge in [-0.15, -0.1) is 0 Å². The van der Waals surface area contributed by atoms with E-state index in [2.05, 4.69) is 5.32 Å². The molecule has 1 saturated heterocycles. The van der Waals surface area contributed by atoms with E-state index in [0.29, 0.717) is 5.37 Å². The van der Waals surface area contributed by atoms with Crippen molar-refractivity contribution in [1.82, 2.24) is 5.32 Å². The Hall–Kier alpha value is 0.487. The molecule has 4 heteroatoms. The van der Waals surface area contributed by atoms with E-state index in [1.807, 2.05) is 0 Å². The average Bonchev–Trinajstić information content (AvgIpc) is 1.55. The summed E-state index contributed by atoms with van der Waals surface area (Å²) >= 11 is 1.57. The molecular formula is C3H9NOSSi. The van der Waals surface area contributed by atoms with Gasteiger partial charge >= 0.3 is 0 Å². The molecule has 7 heavy (non-hydrogen) atoms. The predicted molar refractivity (Wildman–Crippen MR) is 35.0 cm³/mol. The van der Waals surface area contributed by atoms with Crippen LogP contribution in [0, 0.1) is 0 Å². The highest BCUT2D eigenvalue weighted by Gasteiger charge is 2.15. The fraction of sp³-hybridized carbons (Fsp3) is 1.00. The highest BCUT2D eigenvalue weighted by molar-refractivity contribution is 7.95. The molecule has 0 bridgehead atoms. The molecule has 0 spiro atoms. The number of nitrogens with one attached hydrogen (secondary N) is 1. The third-order valence-electron chi connectivity index (χ3n) is 0.991. The van der Waals surface area contributed by atoms with Crippen LogP contribution in [0.25, 0.3) is 0 Å². The number of hydrogen-bond acceptors (Lipinski definition) is 3. The molecule has 0 amide bonds. The first-order valence-electron chi connectivity index (χ1n) is 2.36. The van der Waals surface area contributed by atoms with Gasteiger partial charge in [-0.1, -0.05) is 0 Å². The topological polar surface area (TPSA) is 21.3 Å². The number of rotatable bonds is 2. The standard InChI is InChI=1S/C3H9NOSSi/c7-5-6-3-1-2-4-3/h3-4H,1-2H2,7H3. The summed E-state index contributed by atoms with van der Waals surface area (Å²) in [7, 11) is 0.848. The summed E-state index contributed by atoms with van der Waals surface area (Å²) in [4.78, 5) is 0. The summed E-state index contributed by atoms with van der Waals surface area (Å²) < 4.78 is 4.94. The second-order valence-electron chi connectivity index (χ2n) is 1.49. The third-order valence-corrected chi connectivity index (χ3v) is 2.40. The molecule has 0 aromatic rings. The molecule has 1 unspecified atom stereocenters. The van der Waals surface area contributed by atoms with Crippen LogP contribution in [-0.4, -0.2) is 22.4 Å². The second-order valence-corrected chi connectivity index (χ2v) is 3.59. The maximum absolute atomic E-state index is 4.94. The van der Waals surface area contributed by atoms with Crippen molar-refractivity contribution < 1.29 is 3.87 Å². The van der Waals surface area contributed by atoms with Crippen LogP contribution in [0.15, 0.2) is 0 Å². The Bertz CT molecular complexity index is 58.9. The van der Waals surface area contributed by atoms with Crippen molar-refractivity contribution in [3.8, 4) is 0 Å². The molecule has 1 aliphatic heterocycles. The van der Waals surface area contributed by atoms with E-state index in [1.165, 1.54) is 13.0 Å². The Labute approximate surface area is 50.8 Å². The molecule has 0 aromatic carbocycles. The second kappa shape index (κ2) is 2.71. The van der Waals surface area contributed by atoms with Gasteiger partial charge in [0.15, 0.2) is 10.5 Å². The first kappa shape index (κ1) is 5.62. The zero-order chi connectivity index (χ0) is 5.11. The van der Waals surface area contributed by atoms with Crippen molar-refractivity contribution in [2.24, 2.45) is 0 Å². The molecule has 1 atom stereocenters. The van der Waals surface area contributed by atoms with Gasteiger partial charge in [0.05, 0.1) is 5.37 Å². The molecule has 0 aromatic heterocycles. The molecule has 1 rings (SSSR count). The van der Waals surface area contributed by atoms with E-state index in [9.17, 15) is 0 Å². The van der Waals surface area contributed by atoms with Gasteiger partial charge in [0.2, 0.25) is 0 Å². The van der Waals surface area contributed by atoms with Crippen molar-refractivity contribution in [3.63, 3.8) is 0 Å². The summed E-state index contributed by atoms with van der Waals surface area (Å²) in [6.45, 7) is 1.17. The highest BCUT2D eigenvalue weighted by Crippen LogP contribution is 2.16. The summed E-state index contributed by atoms with van der Waals surface area (Å²) in [5.74, 6) is 0. The van der Waals surface area contributed by atoms with Crippen LogP contribution in [-0.2, 0) is 3.87 Å². The van der Waals surface area contributed by atoms with Gasteiger partial charge < -0.3 is 9.19 Å². The van der Waals surface area contributed by atoms with Crippen molar-refractivity contribution in [3.05, 3.63) is 0 Å². The minimum Gasteiger partial charge on any atom is -0.368 e. The average molecular weight is 135 g/mol. The lowest BCUT2D eigenvalue weighted by Gasteiger charge is -2.25. The summed E-state index contributed by atoms with van der Waals surface area (Å²) in [6.07, 6.45) is 1.27. The molecule has 1 fully saturated rings. The van der Waals surface area contributed by atoms with Crippen LogP contribution < -0.4 is 5.32 Å². The fourth-order valence-electron chi connectivity index (χ4n) is 0.460. The first-order chi connectivity index (χ1) is 3.43. The molecule has 42 valence electrons. The van der Waals surface area contributed by atoms with Crippen LogP contribution in [0.4, 0.5) is 0 Å². The smallest absolute Gasteiger partial charge is 0.165 e. The normalized spacial score (nSPS) is 30.0. The van der Waals surface area contributed by atoms with Crippen LogP contribution in [0.1, 0.15) is 6.42 Å². The van der Waals surface area contributed by atoms with Crippen LogP contribution in [0.2, 0.25) is 0 Å². The zero-order valence-electron chi connectivity index (χ0n) is 4.31. The predicted octanol–water partition coefficient (Wildman–Crippen LogP) is -0.749. The molecule has 0 aliphatic carbocycles. The summed E-state index contributed by atoms with van der Waals surface area (Å²) in [5, 5.41) is 3.82. The largest absolute Gasteiger partial charge is 0.368 e. The molecule has 2 nitrogen and oxygen atoms in total. The van der Waals surface area contributed by atoms with Crippen LogP contribution in [0.3, 0.4) is 0 Å². The van der Waals surface area contributed by atoms with Gasteiger partial charge in [0, 0.05) is 0 Å². The quantitative estimate of drug-likeness (QED) is 0.398. The molecule has 1 N–H and O–H groups in total. The van der Waals surface area contributed by atoms with Gasteiger partial charge in [-0.3, -0.25) is 0 Å². The van der Waals surface area contributed by atoms with Crippen molar-refractivity contribution in [2.45, 2.75) is 11.8 Å². The minimum absolute atomic E-state index is 0.609. The minimum atomic E-state index is 0.609. The van der Waals surface area contributed by atoms with Crippen molar-refractivity contribution in [1.29, 1.82) is 0 Å². The van der Waals surface area contributed by atoms with E-state index in [0.717, 1.165) is 10.5 Å². The summed E-state index contributed by atoms with van der Waals surface area (Å²) in [6, 6.07) is 0. The molecule has 1 aliphatic rings. The lowest BCUT2D eigenvalue weighted by Crippen LogP contribution is -2.40. The van der Waals surface area contributed by atoms with Gasteiger partial charge in [0.25, 0.3) is 0 Å².